The summed E-state index contributed by atoms with van der Waals surface area (Å²) < 4.78 is 21.9. The zero-order valence-corrected chi connectivity index (χ0v) is 16.8. The zero-order valence-electron chi connectivity index (χ0n) is 16.8. The van der Waals surface area contributed by atoms with Gasteiger partial charge in [0.2, 0.25) is 0 Å². The van der Waals surface area contributed by atoms with E-state index in [1.165, 1.54) is 10.7 Å². The summed E-state index contributed by atoms with van der Waals surface area (Å²) in [4.78, 5) is 30.0. The molecule has 2 aliphatic rings. The van der Waals surface area contributed by atoms with Crippen LogP contribution in [0.5, 0.6) is 0 Å². The number of rotatable bonds is 6. The summed E-state index contributed by atoms with van der Waals surface area (Å²) in [6.45, 7) is 1.01. The molecular formula is C20H22FN7O3. The number of alkyl halides is 1. The molecule has 1 aliphatic carbocycles. The number of nitrogens with one attached hydrogen (secondary N) is 3. The highest BCUT2D eigenvalue weighted by molar-refractivity contribution is 6.00. The first-order chi connectivity index (χ1) is 15.0. The number of amides is 1. The van der Waals surface area contributed by atoms with Crippen molar-refractivity contribution in [3.05, 3.63) is 46.5 Å². The monoisotopic (exact) mass is 427 g/mol. The van der Waals surface area contributed by atoms with Gasteiger partial charge in [0.15, 0.2) is 5.65 Å². The van der Waals surface area contributed by atoms with Gasteiger partial charge in [-0.15, -0.1) is 0 Å². The number of ether oxygens (including phenoxy) is 1. The number of anilines is 3. The van der Waals surface area contributed by atoms with Crippen LogP contribution in [0.3, 0.4) is 0 Å². The summed E-state index contributed by atoms with van der Waals surface area (Å²) in [6.07, 6.45) is 3.18. The molecule has 1 saturated carbocycles. The molecule has 3 aromatic rings. The molecule has 0 aromatic carbocycles. The minimum atomic E-state index is -1.02. The van der Waals surface area contributed by atoms with Crippen molar-refractivity contribution >= 4 is 28.9 Å². The highest BCUT2D eigenvalue weighted by Gasteiger charge is 2.33. The fourth-order valence-electron chi connectivity index (χ4n) is 3.65. The number of halogens is 1. The summed E-state index contributed by atoms with van der Waals surface area (Å²) >= 11 is 0. The minimum Gasteiger partial charge on any atom is -0.377 e. The highest BCUT2D eigenvalue weighted by atomic mass is 19.1. The van der Waals surface area contributed by atoms with Crippen molar-refractivity contribution in [3.63, 3.8) is 0 Å². The van der Waals surface area contributed by atoms with Crippen molar-refractivity contribution in [1.82, 2.24) is 24.5 Å². The van der Waals surface area contributed by atoms with Crippen LogP contribution in [0.15, 0.2) is 35.4 Å². The SMILES string of the molecule is CNc1cc(Nc2cccn(C3COC3)c2=O)nc2c(C(=O)NC3CC[C@H]3F)cnn12. The third-order valence-corrected chi connectivity index (χ3v) is 5.73. The molecule has 1 saturated heterocycles. The van der Waals surface area contributed by atoms with E-state index in [0.29, 0.717) is 49.0 Å². The van der Waals surface area contributed by atoms with Gasteiger partial charge in [0.05, 0.1) is 31.5 Å². The Morgan fingerprint density at radius 3 is 2.81 bits per heavy atom. The molecule has 4 heterocycles. The maximum atomic E-state index is 13.6. The second-order valence-electron chi connectivity index (χ2n) is 7.69. The van der Waals surface area contributed by atoms with Gasteiger partial charge in [-0.05, 0) is 25.0 Å². The first-order valence-corrected chi connectivity index (χ1v) is 10.1. The lowest BCUT2D eigenvalue weighted by atomic mass is 9.90. The summed E-state index contributed by atoms with van der Waals surface area (Å²) in [7, 11) is 1.72. The second-order valence-corrected chi connectivity index (χ2v) is 7.69. The van der Waals surface area contributed by atoms with E-state index in [2.05, 4.69) is 26.0 Å². The Balaban J connectivity index is 1.48. The minimum absolute atomic E-state index is 0.0218. The molecule has 0 bridgehead atoms. The predicted molar refractivity (Wildman–Crippen MR) is 112 cm³/mol. The molecule has 1 aliphatic heterocycles. The van der Waals surface area contributed by atoms with E-state index in [0.717, 1.165) is 0 Å². The Kier molecular flexibility index (Phi) is 4.81. The number of pyridine rings is 1. The van der Waals surface area contributed by atoms with Gasteiger partial charge in [0, 0.05) is 19.3 Å². The van der Waals surface area contributed by atoms with Crippen LogP contribution in [0.4, 0.5) is 21.7 Å². The lowest BCUT2D eigenvalue weighted by Crippen LogP contribution is -2.48. The molecular weight excluding hydrogens is 405 g/mol. The molecule has 1 unspecified atom stereocenters. The van der Waals surface area contributed by atoms with E-state index in [-0.39, 0.29) is 17.2 Å². The molecule has 5 rings (SSSR count). The molecule has 162 valence electrons. The zero-order chi connectivity index (χ0) is 21.5. The molecule has 1 amide bonds. The standard InChI is InChI=1S/C20H22FN7O3/c1-22-17-7-16(24-15-3-2-6-27(20(15)30)11-9-31-10-11)26-18-12(8-23-28(17)18)19(29)25-14-5-4-13(14)21/h2-3,6-8,11,13-14,22H,4-5,9-10H2,1H3,(H,24,26)(H,25,29)/t13-,14?/m1/s1. The van der Waals surface area contributed by atoms with Crippen molar-refractivity contribution < 1.29 is 13.9 Å². The van der Waals surface area contributed by atoms with Gasteiger partial charge < -0.3 is 25.3 Å². The molecule has 0 radical (unpaired) electrons. The highest BCUT2D eigenvalue weighted by Crippen LogP contribution is 2.25. The molecule has 11 heteroatoms. The van der Waals surface area contributed by atoms with Gasteiger partial charge in [0.1, 0.15) is 29.1 Å². The van der Waals surface area contributed by atoms with E-state index in [1.807, 2.05) is 0 Å². The first-order valence-electron chi connectivity index (χ1n) is 10.1. The van der Waals surface area contributed by atoms with E-state index >= 15 is 0 Å². The van der Waals surface area contributed by atoms with Crippen molar-refractivity contribution in [1.29, 1.82) is 0 Å². The Labute approximate surface area is 176 Å². The quantitative estimate of drug-likeness (QED) is 0.546. The maximum Gasteiger partial charge on any atom is 0.274 e. The smallest absolute Gasteiger partial charge is 0.274 e. The lowest BCUT2D eigenvalue weighted by molar-refractivity contribution is -0.0247. The van der Waals surface area contributed by atoms with Crippen LogP contribution in [-0.4, -0.2) is 57.5 Å². The molecule has 2 fully saturated rings. The van der Waals surface area contributed by atoms with Crippen LogP contribution in [0.25, 0.3) is 5.65 Å². The molecule has 2 atom stereocenters. The van der Waals surface area contributed by atoms with E-state index in [1.54, 1.807) is 36.0 Å². The second kappa shape index (κ2) is 7.65. The summed E-state index contributed by atoms with van der Waals surface area (Å²) in [5.41, 5.74) is 0.698. The average Bonchev–Trinajstić information content (AvgIpc) is 3.16. The predicted octanol–water partition coefficient (Wildman–Crippen LogP) is 1.48. The summed E-state index contributed by atoms with van der Waals surface area (Å²) in [5, 5.41) is 13.0. The van der Waals surface area contributed by atoms with Crippen molar-refractivity contribution in [2.75, 3.05) is 30.9 Å². The fraction of sp³-hybridized carbons (Fsp3) is 0.400. The van der Waals surface area contributed by atoms with Crippen molar-refractivity contribution in [3.8, 4) is 0 Å². The van der Waals surface area contributed by atoms with Gasteiger partial charge in [-0.3, -0.25) is 9.59 Å². The number of carbonyl (C=O) groups is 1. The van der Waals surface area contributed by atoms with E-state index in [9.17, 15) is 14.0 Å². The van der Waals surface area contributed by atoms with Gasteiger partial charge in [-0.25, -0.2) is 9.37 Å². The van der Waals surface area contributed by atoms with Crippen molar-refractivity contribution in [2.24, 2.45) is 0 Å². The van der Waals surface area contributed by atoms with Gasteiger partial charge in [0.25, 0.3) is 11.5 Å². The van der Waals surface area contributed by atoms with Crippen LogP contribution in [0.1, 0.15) is 29.2 Å². The molecule has 10 nitrogen and oxygen atoms in total. The van der Waals surface area contributed by atoms with Gasteiger partial charge in [-0.1, -0.05) is 0 Å². The molecule has 0 spiro atoms. The molecule has 3 N–H and O–H groups in total. The van der Waals surface area contributed by atoms with Gasteiger partial charge in [-0.2, -0.15) is 9.61 Å². The number of fused-ring (bicyclic) bond motifs is 1. The summed E-state index contributed by atoms with van der Waals surface area (Å²) in [5.74, 6) is 0.515. The van der Waals surface area contributed by atoms with Gasteiger partial charge >= 0.3 is 0 Å². The lowest BCUT2D eigenvalue weighted by Gasteiger charge is -2.30. The molecule has 31 heavy (non-hydrogen) atoms. The normalized spacial score (nSPS) is 20.7. The fourth-order valence-corrected chi connectivity index (χ4v) is 3.65. The van der Waals surface area contributed by atoms with Crippen molar-refractivity contribution in [2.45, 2.75) is 31.1 Å². The van der Waals surface area contributed by atoms with Crippen LogP contribution in [0.2, 0.25) is 0 Å². The third kappa shape index (κ3) is 3.40. The van der Waals surface area contributed by atoms with Crippen LogP contribution < -0.4 is 21.5 Å². The van der Waals surface area contributed by atoms with Crippen LogP contribution in [0, 0.1) is 0 Å². The van der Waals surface area contributed by atoms with Crippen LogP contribution >= 0.6 is 0 Å². The number of hydrogen-bond acceptors (Lipinski definition) is 7. The van der Waals surface area contributed by atoms with E-state index < -0.39 is 18.1 Å². The first kappa shape index (κ1) is 19.5. The number of aromatic nitrogens is 4. The number of carbonyl (C=O) groups excluding carboxylic acids is 1. The maximum absolute atomic E-state index is 13.6. The Bertz CT molecular complexity index is 1200. The number of nitrogens with zero attached hydrogens (tertiary/aromatic N) is 4. The largest absolute Gasteiger partial charge is 0.377 e. The van der Waals surface area contributed by atoms with E-state index in [4.69, 9.17) is 4.74 Å². The molecule has 3 aromatic heterocycles. The number of hydrogen-bond donors (Lipinski definition) is 3. The van der Waals surface area contributed by atoms with Crippen LogP contribution in [-0.2, 0) is 4.74 Å². The Hall–Kier alpha value is -3.47. The Morgan fingerprint density at radius 2 is 2.16 bits per heavy atom. The third-order valence-electron chi connectivity index (χ3n) is 5.73. The Morgan fingerprint density at radius 1 is 1.32 bits per heavy atom. The average molecular weight is 427 g/mol. The summed E-state index contributed by atoms with van der Waals surface area (Å²) in [6, 6.07) is 4.68. The topological polar surface area (TPSA) is 115 Å².